The molecule has 3 aliphatic carbocycles. The Balaban J connectivity index is 1.22. The van der Waals surface area contributed by atoms with E-state index in [2.05, 4.69) is 118 Å². The van der Waals surface area contributed by atoms with E-state index in [1.807, 2.05) is 30.0 Å². The number of hydrogen-bond acceptors (Lipinski definition) is 3. The van der Waals surface area contributed by atoms with E-state index in [0.29, 0.717) is 0 Å². The number of thioether (sulfide) groups is 1. The van der Waals surface area contributed by atoms with E-state index in [0.717, 1.165) is 29.5 Å². The number of carbonyl (C=O) groups is 1. The summed E-state index contributed by atoms with van der Waals surface area (Å²) in [5.41, 5.74) is 9.41. The molecule has 3 aromatic rings. The van der Waals surface area contributed by atoms with Crippen LogP contribution in [0.1, 0.15) is 67.6 Å². The number of fused-ring (bicyclic) bond motifs is 3. The maximum atomic E-state index is 13.4. The van der Waals surface area contributed by atoms with E-state index < -0.39 is 0 Å². The predicted molar refractivity (Wildman–Crippen MR) is 170 cm³/mol. The first-order valence-corrected chi connectivity index (χ1v) is 15.2. The molecule has 2 unspecified atom stereocenters. The third kappa shape index (κ3) is 3.82. The van der Waals surface area contributed by atoms with Crippen LogP contribution in [0.2, 0.25) is 0 Å². The molecule has 7 rings (SSSR count). The first-order valence-electron chi connectivity index (χ1n) is 14.4. The Hall–Kier alpha value is -3.56. The molecule has 200 valence electrons. The number of ketones is 1. The summed E-state index contributed by atoms with van der Waals surface area (Å²) >= 11 is 1.95. The molecule has 0 fully saturated rings. The highest BCUT2D eigenvalue weighted by Crippen LogP contribution is 2.59. The van der Waals surface area contributed by atoms with Gasteiger partial charge in [-0.05, 0) is 59.4 Å². The molecule has 40 heavy (non-hydrogen) atoms. The molecule has 4 aliphatic rings. The number of benzene rings is 3. The van der Waals surface area contributed by atoms with E-state index in [9.17, 15) is 4.79 Å². The third-order valence-corrected chi connectivity index (χ3v) is 10.6. The number of para-hydroxylation sites is 1. The summed E-state index contributed by atoms with van der Waals surface area (Å²) in [6, 6.07) is 26.2. The molecule has 0 amide bonds. The van der Waals surface area contributed by atoms with Crippen molar-refractivity contribution in [2.45, 2.75) is 62.7 Å². The maximum absolute atomic E-state index is 13.4. The minimum atomic E-state index is -0.257. The Labute approximate surface area is 242 Å². The Morgan fingerprint density at radius 3 is 2.35 bits per heavy atom. The number of rotatable bonds is 4. The second-order valence-corrected chi connectivity index (χ2v) is 13.7. The van der Waals surface area contributed by atoms with Crippen molar-refractivity contribution >= 4 is 33.8 Å². The highest BCUT2D eigenvalue weighted by atomic mass is 32.2. The van der Waals surface area contributed by atoms with Crippen molar-refractivity contribution in [1.82, 2.24) is 0 Å². The van der Waals surface area contributed by atoms with Gasteiger partial charge in [-0.2, -0.15) is 0 Å². The minimum Gasteiger partial charge on any atom is -0.334 e. The van der Waals surface area contributed by atoms with Crippen LogP contribution in [0.3, 0.4) is 0 Å². The van der Waals surface area contributed by atoms with E-state index in [1.54, 1.807) is 0 Å². The van der Waals surface area contributed by atoms with Crippen LogP contribution in [-0.4, -0.2) is 17.1 Å². The molecule has 0 radical (unpaired) electrons. The summed E-state index contributed by atoms with van der Waals surface area (Å²) in [7, 11) is 0. The third-order valence-electron chi connectivity index (χ3n) is 9.34. The van der Waals surface area contributed by atoms with Gasteiger partial charge in [0.1, 0.15) is 0 Å². The number of allylic oxidation sites excluding steroid dienone is 4. The number of Topliss-reactive ketones (excluding diaryl/α,β-unsaturated/α-hetero) is 1. The maximum Gasteiger partial charge on any atom is 0.189 e. The SMILES string of the molecule is CC1(C)C2=C(SC(/C=C3\C(=O)c4ccccc4C3(C)C)C2)c2ccc(N(c3ccccc3)C3C=CC=CC3)cc21. The van der Waals surface area contributed by atoms with E-state index in [-0.39, 0.29) is 27.9 Å². The van der Waals surface area contributed by atoms with Gasteiger partial charge in [-0.25, -0.2) is 0 Å². The molecule has 3 aromatic carbocycles. The monoisotopic (exact) mass is 541 g/mol. The van der Waals surface area contributed by atoms with Gasteiger partial charge >= 0.3 is 0 Å². The lowest BCUT2D eigenvalue weighted by Crippen LogP contribution is -2.30. The molecule has 0 saturated heterocycles. The molecule has 1 heterocycles. The summed E-state index contributed by atoms with van der Waals surface area (Å²) < 4.78 is 0. The molecule has 2 atom stereocenters. The number of hydrogen-bond donors (Lipinski definition) is 0. The Kier molecular flexibility index (Phi) is 5.87. The van der Waals surface area contributed by atoms with Crippen LogP contribution in [0, 0.1) is 0 Å². The lowest BCUT2D eigenvalue weighted by Gasteiger charge is -2.34. The van der Waals surface area contributed by atoms with Crippen molar-refractivity contribution in [3.05, 3.63) is 137 Å². The summed E-state index contributed by atoms with van der Waals surface area (Å²) in [6.07, 6.45) is 13.1. The topological polar surface area (TPSA) is 20.3 Å². The highest BCUT2D eigenvalue weighted by molar-refractivity contribution is 8.09. The zero-order valence-corrected chi connectivity index (χ0v) is 24.5. The average Bonchev–Trinajstić information content (AvgIpc) is 3.55. The first kappa shape index (κ1) is 25.4. The van der Waals surface area contributed by atoms with Crippen LogP contribution < -0.4 is 4.90 Å². The molecular weight excluding hydrogens is 506 g/mol. The van der Waals surface area contributed by atoms with Gasteiger partial charge in [0, 0.05) is 43.5 Å². The van der Waals surface area contributed by atoms with Crippen molar-refractivity contribution in [2.75, 3.05) is 4.90 Å². The summed E-state index contributed by atoms with van der Waals surface area (Å²) in [5.74, 6) is 0.199. The number of nitrogens with zero attached hydrogens (tertiary/aromatic N) is 1. The van der Waals surface area contributed by atoms with Crippen LogP contribution in [0.25, 0.3) is 4.91 Å². The van der Waals surface area contributed by atoms with Gasteiger partial charge in [-0.15, -0.1) is 11.8 Å². The molecule has 0 aromatic heterocycles. The summed E-state index contributed by atoms with van der Waals surface area (Å²) in [4.78, 5) is 17.3. The number of anilines is 2. The van der Waals surface area contributed by atoms with Crippen molar-refractivity contribution in [1.29, 1.82) is 0 Å². The smallest absolute Gasteiger partial charge is 0.189 e. The molecule has 0 N–H and O–H groups in total. The lowest BCUT2D eigenvalue weighted by molar-refractivity contribution is 0.103. The van der Waals surface area contributed by atoms with E-state index in [1.165, 1.54) is 33.0 Å². The molecule has 1 aliphatic heterocycles. The quantitative estimate of drug-likeness (QED) is 0.307. The predicted octanol–water partition coefficient (Wildman–Crippen LogP) is 9.32. The molecule has 0 spiro atoms. The Morgan fingerprint density at radius 1 is 0.825 bits per heavy atom. The zero-order chi connectivity index (χ0) is 27.6. The van der Waals surface area contributed by atoms with Crippen molar-refractivity contribution in [2.24, 2.45) is 0 Å². The Bertz CT molecular complexity index is 1650. The van der Waals surface area contributed by atoms with E-state index >= 15 is 0 Å². The molecule has 0 saturated carbocycles. The van der Waals surface area contributed by atoms with Gasteiger partial charge in [0.25, 0.3) is 0 Å². The lowest BCUT2D eigenvalue weighted by atomic mass is 9.78. The van der Waals surface area contributed by atoms with Crippen LogP contribution in [0.5, 0.6) is 0 Å². The highest BCUT2D eigenvalue weighted by Gasteiger charge is 2.45. The fourth-order valence-corrected chi connectivity index (χ4v) is 8.67. The molecule has 3 heteroatoms. The first-order chi connectivity index (χ1) is 19.3. The van der Waals surface area contributed by atoms with Gasteiger partial charge in [0.05, 0.1) is 6.04 Å². The second-order valence-electron chi connectivity index (χ2n) is 12.4. The second kappa shape index (κ2) is 9.24. The molecular formula is C37H35NOS. The van der Waals surface area contributed by atoms with Crippen LogP contribution in [-0.2, 0) is 10.8 Å². The molecule has 2 nitrogen and oxygen atoms in total. The van der Waals surface area contributed by atoms with Gasteiger partial charge in [-0.1, -0.05) is 107 Å². The average molecular weight is 542 g/mol. The summed E-state index contributed by atoms with van der Waals surface area (Å²) in [6.45, 7) is 9.15. The van der Waals surface area contributed by atoms with E-state index in [4.69, 9.17) is 0 Å². The molecule has 0 bridgehead atoms. The van der Waals surface area contributed by atoms with Gasteiger partial charge in [0.2, 0.25) is 0 Å². The van der Waals surface area contributed by atoms with Gasteiger partial charge in [-0.3, -0.25) is 4.79 Å². The van der Waals surface area contributed by atoms with Crippen molar-refractivity contribution in [3.8, 4) is 0 Å². The van der Waals surface area contributed by atoms with Crippen LogP contribution in [0.15, 0.2) is 114 Å². The largest absolute Gasteiger partial charge is 0.334 e. The van der Waals surface area contributed by atoms with Gasteiger partial charge < -0.3 is 4.90 Å². The van der Waals surface area contributed by atoms with Crippen molar-refractivity contribution in [3.63, 3.8) is 0 Å². The summed E-state index contributed by atoms with van der Waals surface area (Å²) in [5, 5.41) is 0.282. The minimum absolute atomic E-state index is 0.0518. The zero-order valence-electron chi connectivity index (χ0n) is 23.6. The fraction of sp³-hybridized carbons (Fsp3) is 0.270. The normalized spacial score (nSPS) is 24.4. The van der Waals surface area contributed by atoms with Crippen molar-refractivity contribution < 1.29 is 4.79 Å². The number of carbonyl (C=O) groups excluding carboxylic acids is 1. The van der Waals surface area contributed by atoms with Crippen LogP contribution in [0.4, 0.5) is 11.4 Å². The Morgan fingerprint density at radius 2 is 1.60 bits per heavy atom. The standard InChI is InChI=1S/C37H35NOS/c1-36(2)30-18-12-11-17-28(30)34(39)32(36)22-27-23-33-35(40-27)29-20-19-26(21-31(29)37(33,3)4)38(24-13-7-5-8-14-24)25-15-9-6-10-16-25/h5-15,17-22,25,27H,16,23H2,1-4H3/b32-22+. The van der Waals surface area contributed by atoms with Crippen LogP contribution >= 0.6 is 11.8 Å². The fourth-order valence-electron chi connectivity index (χ4n) is 7.13. The van der Waals surface area contributed by atoms with Gasteiger partial charge in [0.15, 0.2) is 5.78 Å².